The van der Waals surface area contributed by atoms with E-state index in [0.29, 0.717) is 0 Å². The van der Waals surface area contributed by atoms with Crippen LogP contribution < -0.4 is 32.7 Å². The van der Waals surface area contributed by atoms with Crippen LogP contribution in [0.25, 0.3) is 0 Å². The number of phenols is 1. The van der Waals surface area contributed by atoms with Crippen molar-refractivity contribution in [3.63, 3.8) is 0 Å². The zero-order valence-electron chi connectivity index (χ0n) is 32.5. The number of benzene rings is 1. The van der Waals surface area contributed by atoms with Gasteiger partial charge >= 0.3 is 0 Å². The Morgan fingerprint density at radius 2 is 1.44 bits per heavy atom. The van der Waals surface area contributed by atoms with Crippen molar-refractivity contribution in [1.82, 2.24) is 31.1 Å². The molecule has 1 aromatic carbocycles. The molecule has 328 valence electrons. The quantitative estimate of drug-likeness (QED) is 0.121. The van der Waals surface area contributed by atoms with Crippen LogP contribution in [0, 0.1) is 12.8 Å². The maximum Gasteiger partial charge on any atom is 0.248 e. The van der Waals surface area contributed by atoms with Crippen molar-refractivity contribution in [2.75, 3.05) is 19.6 Å². The maximum atomic E-state index is 14.3. The van der Waals surface area contributed by atoms with E-state index in [-0.39, 0.29) is 23.4 Å². The van der Waals surface area contributed by atoms with Crippen LogP contribution in [-0.4, -0.2) is 185 Å². The predicted molar refractivity (Wildman–Crippen MR) is 200 cm³/mol. The lowest BCUT2D eigenvalue weighted by atomic mass is 9.95. The molecule has 3 aliphatic heterocycles. The highest BCUT2D eigenvalue weighted by molar-refractivity contribution is 5.98. The topological polar surface area (TPSA) is 388 Å². The van der Waals surface area contributed by atoms with Gasteiger partial charge < -0.3 is 83.4 Å². The first-order valence-electron chi connectivity index (χ1n) is 18.9. The molecule has 1 aromatic rings. The van der Waals surface area contributed by atoms with Gasteiger partial charge in [-0.1, -0.05) is 13.0 Å². The van der Waals surface area contributed by atoms with Gasteiger partial charge in [-0.2, -0.15) is 0 Å². The lowest BCUT2D eigenvalue weighted by molar-refractivity contribution is -0.148. The summed E-state index contributed by atoms with van der Waals surface area (Å²) in [5, 5.41) is 95.8. The number of carbonyl (C=O) groups is 7. The smallest absolute Gasteiger partial charge is 0.248 e. The van der Waals surface area contributed by atoms with E-state index in [1.807, 2.05) is 0 Å². The predicted octanol–water partition coefficient (Wildman–Crippen LogP) is -7.46. The molecule has 14 atom stereocenters. The number of carbonyl (C=O) groups excluding carboxylic acids is 7. The van der Waals surface area contributed by atoms with Gasteiger partial charge in [0, 0.05) is 32.0 Å². The molecule has 3 heterocycles. The van der Waals surface area contributed by atoms with Crippen molar-refractivity contribution in [3.8, 4) is 5.75 Å². The summed E-state index contributed by atoms with van der Waals surface area (Å²) in [6, 6.07) is -7.51. The van der Waals surface area contributed by atoms with Gasteiger partial charge in [-0.25, -0.2) is 0 Å². The largest absolute Gasteiger partial charge is 0.508 e. The molecule has 0 unspecified atom stereocenters. The molecule has 3 aliphatic rings. The van der Waals surface area contributed by atoms with Crippen molar-refractivity contribution in [2.24, 2.45) is 17.4 Å². The van der Waals surface area contributed by atoms with E-state index in [2.05, 4.69) is 21.3 Å². The van der Waals surface area contributed by atoms with Gasteiger partial charge in [0.05, 0.1) is 43.0 Å². The normalized spacial score (nSPS) is 32.7. The number of nitrogens with zero attached hydrogens (tertiary/aromatic N) is 2. The fourth-order valence-electron chi connectivity index (χ4n) is 7.36. The molecule has 3 fully saturated rings. The molecule has 4 rings (SSSR count). The molecule has 23 nitrogen and oxygen atoms in total. The summed E-state index contributed by atoms with van der Waals surface area (Å²) >= 11 is 0. The van der Waals surface area contributed by atoms with E-state index in [1.165, 1.54) is 32.0 Å². The lowest BCUT2D eigenvalue weighted by Gasteiger charge is -2.34. The summed E-state index contributed by atoms with van der Waals surface area (Å²) in [4.78, 5) is 96.6. The number of hydrogen-bond donors (Lipinski definition) is 14. The van der Waals surface area contributed by atoms with Crippen molar-refractivity contribution < 1.29 is 74.4 Å². The molecule has 7 amide bonds. The van der Waals surface area contributed by atoms with E-state index >= 15 is 0 Å². The molecule has 16 N–H and O–H groups in total. The van der Waals surface area contributed by atoms with Crippen molar-refractivity contribution in [3.05, 3.63) is 29.3 Å². The fourth-order valence-corrected chi connectivity index (χ4v) is 7.36. The van der Waals surface area contributed by atoms with Crippen molar-refractivity contribution in [2.45, 2.75) is 119 Å². The van der Waals surface area contributed by atoms with Gasteiger partial charge in [-0.05, 0) is 43.5 Å². The number of aliphatic hydroxyl groups excluding tert-OH is 7. The number of amides is 7. The van der Waals surface area contributed by atoms with Gasteiger partial charge in [0.1, 0.15) is 48.2 Å². The van der Waals surface area contributed by atoms with Crippen LogP contribution in [0.15, 0.2) is 18.2 Å². The molecule has 0 saturated carbocycles. The molecule has 23 heteroatoms. The molecule has 3 saturated heterocycles. The highest BCUT2D eigenvalue weighted by Gasteiger charge is 2.50. The van der Waals surface area contributed by atoms with Crippen LogP contribution in [0.4, 0.5) is 0 Å². The lowest BCUT2D eigenvalue weighted by Crippen LogP contribution is -2.64. The number of nitrogens with one attached hydrogen (secondary N) is 4. The van der Waals surface area contributed by atoms with Crippen LogP contribution >= 0.6 is 0 Å². The zero-order chi connectivity index (χ0) is 44.2. The SMILES string of the molecule is Cc1cc([C@H](O)[C@@H](O)[C@@H]2NC(=O)[C@@H]3C[C@@H](O)CN3C(=O)[C@H]([C@@H](C)O)NC(=O)[C@@H](N)C[C@@H](O)CNC(=O)[C@@H]3[C@@H](O)[C@@H](C)CN3C(=O)[C@H]([C@H](O)CC(N)=O)NC2=O)ccc1O. The van der Waals surface area contributed by atoms with Crippen LogP contribution in [0.5, 0.6) is 5.75 Å². The number of β-amino-alcohol motifs (C(OH)–C–C–N with tert-alkyl or cyclic N) is 1. The Kier molecular flexibility index (Phi) is 15.3. The maximum absolute atomic E-state index is 14.3. The Hall–Kier alpha value is -5.01. The van der Waals surface area contributed by atoms with E-state index in [4.69, 9.17) is 11.5 Å². The standard InChI is InChI=1S/C36H54N8O15/c1-13-6-16(4-5-21(13)48)29(52)30(53)26-33(56)41-25(22(49)9-23(38)50)36(59)44-11-14(2)28(51)27(44)34(57)39-10-17(46)7-19(37)31(54)40-24(15(3)45)35(58)43-12-18(47)8-20(43)32(55)42-26/h4-6,14-15,17-20,22,24-30,45-49,51-53H,7-12,37H2,1-3H3,(H2,38,50)(H,39,57)(H,40,54)(H,41,56)(H,42,55)/t14-,15+,17+,18+,19-,20-,22+,24-,25-,26-,27-,28-,29-,30-/m0/s1. The number of aryl methyl sites for hydroxylation is 1. The minimum atomic E-state index is -2.31. The monoisotopic (exact) mass is 838 g/mol. The van der Waals surface area contributed by atoms with E-state index in [9.17, 15) is 74.4 Å². The highest BCUT2D eigenvalue weighted by Crippen LogP contribution is 2.28. The Labute approximate surface area is 337 Å². The van der Waals surface area contributed by atoms with Gasteiger partial charge in [-0.15, -0.1) is 0 Å². The first-order chi connectivity index (χ1) is 27.5. The Morgan fingerprint density at radius 1 is 0.831 bits per heavy atom. The minimum Gasteiger partial charge on any atom is -0.508 e. The molecule has 59 heavy (non-hydrogen) atoms. The molecule has 0 radical (unpaired) electrons. The Morgan fingerprint density at radius 3 is 2.05 bits per heavy atom. The van der Waals surface area contributed by atoms with Crippen molar-refractivity contribution in [1.29, 1.82) is 0 Å². The van der Waals surface area contributed by atoms with E-state index in [0.717, 1.165) is 16.7 Å². The van der Waals surface area contributed by atoms with Gasteiger partial charge in [0.15, 0.2) is 0 Å². The molecule has 0 aliphatic carbocycles. The van der Waals surface area contributed by atoms with Crippen LogP contribution in [-0.2, 0) is 33.6 Å². The van der Waals surface area contributed by atoms with Crippen LogP contribution in [0.1, 0.15) is 50.3 Å². The average Bonchev–Trinajstić information content (AvgIpc) is 3.71. The first-order valence-corrected chi connectivity index (χ1v) is 18.9. The van der Waals surface area contributed by atoms with Gasteiger partial charge in [-0.3, -0.25) is 33.6 Å². The van der Waals surface area contributed by atoms with E-state index < -0.39 is 159 Å². The second kappa shape index (κ2) is 19.4. The van der Waals surface area contributed by atoms with Crippen molar-refractivity contribution >= 4 is 41.4 Å². The number of phenolic OH excluding ortho intramolecular Hbond substituents is 1. The molecular weight excluding hydrogens is 784 g/mol. The number of rotatable bonds is 7. The van der Waals surface area contributed by atoms with Crippen LogP contribution in [0.2, 0.25) is 0 Å². The molecular formula is C36H54N8O15. The molecule has 0 bridgehead atoms. The Bertz CT molecular complexity index is 1770. The number of aromatic hydroxyl groups is 1. The number of primary amides is 1. The Balaban J connectivity index is 1.84. The highest BCUT2D eigenvalue weighted by atomic mass is 16.3. The number of hydrogen-bond acceptors (Lipinski definition) is 16. The summed E-state index contributed by atoms with van der Waals surface area (Å²) < 4.78 is 0. The first kappa shape index (κ1) is 46.7. The third kappa shape index (κ3) is 10.8. The summed E-state index contributed by atoms with van der Waals surface area (Å²) in [6.45, 7) is 2.63. The summed E-state index contributed by atoms with van der Waals surface area (Å²) in [6.07, 6.45) is -14.4. The number of fused-ring (bicyclic) bond motifs is 2. The summed E-state index contributed by atoms with van der Waals surface area (Å²) in [5.74, 6) is -9.22. The average molecular weight is 839 g/mol. The molecule has 0 spiro atoms. The van der Waals surface area contributed by atoms with Crippen LogP contribution in [0.3, 0.4) is 0 Å². The molecule has 0 aromatic heterocycles. The second-order valence-corrected chi connectivity index (χ2v) is 15.5. The van der Waals surface area contributed by atoms with Gasteiger partial charge in [0.2, 0.25) is 41.4 Å². The second-order valence-electron chi connectivity index (χ2n) is 15.5. The summed E-state index contributed by atoms with van der Waals surface area (Å²) in [7, 11) is 0. The van der Waals surface area contributed by atoms with Gasteiger partial charge in [0.25, 0.3) is 0 Å². The third-order valence-corrected chi connectivity index (χ3v) is 10.7. The van der Waals surface area contributed by atoms with E-state index in [1.54, 1.807) is 0 Å². The summed E-state index contributed by atoms with van der Waals surface area (Å²) in [5.41, 5.74) is 11.4. The third-order valence-electron chi connectivity index (χ3n) is 10.7. The minimum absolute atomic E-state index is 0.0700. The number of nitrogens with two attached hydrogens (primary N) is 2. The fraction of sp³-hybridized carbons (Fsp3) is 0.639. The number of aliphatic hydroxyl groups is 7. The zero-order valence-corrected chi connectivity index (χ0v) is 32.5.